The maximum atomic E-state index is 14.3. The normalized spacial score (nSPS) is 12.1. The van der Waals surface area contributed by atoms with Gasteiger partial charge in [-0.3, -0.25) is 4.79 Å². The van der Waals surface area contributed by atoms with Crippen LogP contribution in [0.1, 0.15) is 23.6 Å². The van der Waals surface area contributed by atoms with Gasteiger partial charge in [-0.05, 0) is 55.8 Å². The number of hydrogen-bond donors (Lipinski definition) is 0. The first-order valence-corrected chi connectivity index (χ1v) is 15.9. The first-order chi connectivity index (χ1) is 21.0. The molecule has 7 nitrogen and oxygen atoms in total. The van der Waals surface area contributed by atoms with E-state index < -0.39 is 21.9 Å². The number of benzene rings is 4. The molecule has 0 aliphatic carbocycles. The SMILES string of the molecule is CCOC(=O)/C(C(=O)N(C)c1ccccc1)=C(/c1ccccc1)c1cn(S(=O)(=O)c2ccc(C)cc2)c2cc(Cl)cc(Cl)c12. The topological polar surface area (TPSA) is 85.7 Å². The molecular formula is C34H28Cl2N2O5S. The van der Waals surface area contributed by atoms with Crippen molar-refractivity contribution in [2.24, 2.45) is 0 Å². The van der Waals surface area contributed by atoms with Gasteiger partial charge in [0, 0.05) is 40.5 Å². The standard InChI is InChI=1S/C34H28Cl2N2O5S/c1-4-43-34(40)32(33(39)37(3)25-13-9-6-10-14-25)30(23-11-7-5-8-12-23)27-21-38(29-20-24(35)19-28(36)31(27)29)44(41,42)26-17-15-22(2)16-18-26/h5-21H,4H2,1-3H3/b32-30-. The van der Waals surface area contributed by atoms with Crippen LogP contribution in [0.25, 0.3) is 16.5 Å². The maximum Gasteiger partial charge on any atom is 0.344 e. The first kappa shape index (κ1) is 31.1. The highest BCUT2D eigenvalue weighted by Gasteiger charge is 2.33. The molecule has 1 heterocycles. The van der Waals surface area contributed by atoms with Gasteiger partial charge in [0.25, 0.3) is 15.9 Å². The molecule has 5 rings (SSSR count). The number of esters is 1. The van der Waals surface area contributed by atoms with Crippen LogP contribution in [0.2, 0.25) is 10.0 Å². The first-order valence-electron chi connectivity index (χ1n) is 13.7. The number of carbonyl (C=O) groups is 2. The summed E-state index contributed by atoms with van der Waals surface area (Å²) >= 11 is 13.2. The van der Waals surface area contributed by atoms with E-state index in [-0.39, 0.29) is 43.8 Å². The largest absolute Gasteiger partial charge is 0.462 e. The van der Waals surface area contributed by atoms with Gasteiger partial charge in [0.2, 0.25) is 0 Å². The van der Waals surface area contributed by atoms with E-state index in [0.717, 1.165) is 9.54 Å². The van der Waals surface area contributed by atoms with Crippen molar-refractivity contribution in [3.8, 4) is 0 Å². The molecule has 0 N–H and O–H groups in total. The van der Waals surface area contributed by atoms with Gasteiger partial charge in [-0.2, -0.15) is 0 Å². The van der Waals surface area contributed by atoms with Crippen molar-refractivity contribution in [3.63, 3.8) is 0 Å². The van der Waals surface area contributed by atoms with Crippen LogP contribution >= 0.6 is 23.2 Å². The number of anilines is 1. The Kier molecular flexibility index (Phi) is 8.97. The van der Waals surface area contributed by atoms with E-state index in [2.05, 4.69) is 0 Å². The van der Waals surface area contributed by atoms with Crippen LogP contribution in [-0.2, 0) is 24.3 Å². The zero-order valence-corrected chi connectivity index (χ0v) is 26.5. The number of para-hydroxylation sites is 1. The number of halogens is 2. The van der Waals surface area contributed by atoms with Crippen LogP contribution in [0.5, 0.6) is 0 Å². The lowest BCUT2D eigenvalue weighted by molar-refractivity contribution is -0.139. The maximum absolute atomic E-state index is 14.3. The molecule has 0 atom stereocenters. The highest BCUT2D eigenvalue weighted by Crippen LogP contribution is 2.41. The third-order valence-corrected chi connectivity index (χ3v) is 9.29. The van der Waals surface area contributed by atoms with Crippen LogP contribution in [0.15, 0.2) is 114 Å². The molecule has 224 valence electrons. The molecule has 10 heteroatoms. The summed E-state index contributed by atoms with van der Waals surface area (Å²) in [4.78, 5) is 29.4. The van der Waals surface area contributed by atoms with E-state index in [1.165, 1.54) is 35.4 Å². The molecule has 0 bridgehead atoms. The number of fused-ring (bicyclic) bond motifs is 1. The second-order valence-electron chi connectivity index (χ2n) is 9.97. The molecule has 5 aromatic rings. The zero-order valence-electron chi connectivity index (χ0n) is 24.1. The summed E-state index contributed by atoms with van der Waals surface area (Å²) in [6.45, 7) is 3.51. The predicted octanol–water partition coefficient (Wildman–Crippen LogP) is 7.52. The summed E-state index contributed by atoms with van der Waals surface area (Å²) in [5.41, 5.74) is 2.19. The highest BCUT2D eigenvalue weighted by atomic mass is 35.5. The van der Waals surface area contributed by atoms with Gasteiger partial charge in [0.05, 0.1) is 22.0 Å². The minimum atomic E-state index is -4.18. The molecule has 1 aromatic heterocycles. The van der Waals surface area contributed by atoms with Crippen LogP contribution < -0.4 is 4.90 Å². The molecule has 0 unspecified atom stereocenters. The van der Waals surface area contributed by atoms with Crippen LogP contribution in [0.3, 0.4) is 0 Å². The van der Waals surface area contributed by atoms with Crippen molar-refractivity contribution >= 4 is 67.3 Å². The van der Waals surface area contributed by atoms with Gasteiger partial charge >= 0.3 is 5.97 Å². The van der Waals surface area contributed by atoms with Gasteiger partial charge in [0.1, 0.15) is 5.57 Å². The number of likely N-dealkylation sites (N-methyl/N-ethyl adjacent to an activating group) is 1. The van der Waals surface area contributed by atoms with Gasteiger partial charge in [-0.15, -0.1) is 0 Å². The second kappa shape index (κ2) is 12.7. The molecule has 4 aromatic carbocycles. The van der Waals surface area contributed by atoms with E-state index in [0.29, 0.717) is 16.6 Å². The number of nitrogens with zero attached hydrogens (tertiary/aromatic N) is 2. The van der Waals surface area contributed by atoms with Gasteiger partial charge in [-0.25, -0.2) is 17.2 Å². The van der Waals surface area contributed by atoms with Crippen LogP contribution in [0.4, 0.5) is 5.69 Å². The Balaban J connectivity index is 1.90. The number of aromatic nitrogens is 1. The third kappa shape index (κ3) is 5.88. The molecule has 0 saturated carbocycles. The Bertz CT molecular complexity index is 2000. The average Bonchev–Trinajstić information content (AvgIpc) is 3.40. The number of ether oxygens (including phenoxy) is 1. The van der Waals surface area contributed by atoms with Crippen molar-refractivity contribution in [2.75, 3.05) is 18.6 Å². The third-order valence-electron chi connectivity index (χ3n) is 7.09. The molecule has 0 saturated heterocycles. The van der Waals surface area contributed by atoms with Crippen LogP contribution in [-0.4, -0.2) is 37.9 Å². The fourth-order valence-electron chi connectivity index (χ4n) is 4.94. The van der Waals surface area contributed by atoms with E-state index >= 15 is 0 Å². The summed E-state index contributed by atoms with van der Waals surface area (Å²) in [5.74, 6) is -1.52. The van der Waals surface area contributed by atoms with Crippen molar-refractivity contribution in [3.05, 3.63) is 136 Å². The lowest BCUT2D eigenvalue weighted by Crippen LogP contribution is -2.32. The second-order valence-corrected chi connectivity index (χ2v) is 12.6. The predicted molar refractivity (Wildman–Crippen MR) is 175 cm³/mol. The number of hydrogen-bond acceptors (Lipinski definition) is 5. The Labute approximate surface area is 265 Å². The quantitative estimate of drug-likeness (QED) is 0.0753. The Hall–Kier alpha value is -4.37. The minimum absolute atomic E-state index is 0.00661. The summed E-state index contributed by atoms with van der Waals surface area (Å²) in [6.07, 6.45) is 1.37. The van der Waals surface area contributed by atoms with Gasteiger partial charge in [0.15, 0.2) is 0 Å². The number of rotatable bonds is 8. The molecule has 44 heavy (non-hydrogen) atoms. The van der Waals surface area contributed by atoms with Crippen LogP contribution in [0, 0.1) is 6.92 Å². The zero-order chi connectivity index (χ0) is 31.6. The lowest BCUT2D eigenvalue weighted by Gasteiger charge is -2.21. The smallest absolute Gasteiger partial charge is 0.344 e. The summed E-state index contributed by atoms with van der Waals surface area (Å²) in [7, 11) is -2.63. The molecule has 0 aliphatic rings. The lowest BCUT2D eigenvalue weighted by atomic mass is 9.91. The van der Waals surface area contributed by atoms with Crippen molar-refractivity contribution < 1.29 is 22.7 Å². The summed E-state index contributed by atoms with van der Waals surface area (Å²) < 4.78 is 34.7. The van der Waals surface area contributed by atoms with Gasteiger partial charge < -0.3 is 9.64 Å². The van der Waals surface area contributed by atoms with E-state index in [4.69, 9.17) is 27.9 Å². The molecule has 0 fully saturated rings. The van der Waals surface area contributed by atoms with Crippen molar-refractivity contribution in [1.29, 1.82) is 0 Å². The van der Waals surface area contributed by atoms with E-state index in [9.17, 15) is 18.0 Å². The summed E-state index contributed by atoms with van der Waals surface area (Å²) in [5, 5.41) is 0.645. The monoisotopic (exact) mass is 646 g/mol. The number of aryl methyl sites for hydroxylation is 1. The van der Waals surface area contributed by atoms with Gasteiger partial charge in [-0.1, -0.05) is 89.4 Å². The fourth-order valence-corrected chi connectivity index (χ4v) is 6.88. The average molecular weight is 648 g/mol. The Morgan fingerprint density at radius 2 is 1.50 bits per heavy atom. The Morgan fingerprint density at radius 3 is 2.11 bits per heavy atom. The molecular weight excluding hydrogens is 619 g/mol. The molecule has 0 radical (unpaired) electrons. The molecule has 0 aliphatic heterocycles. The van der Waals surface area contributed by atoms with Crippen molar-refractivity contribution in [1.82, 2.24) is 3.97 Å². The fraction of sp³-hybridized carbons (Fsp3) is 0.118. The van der Waals surface area contributed by atoms with E-state index in [1.54, 1.807) is 80.7 Å². The number of amides is 1. The molecule has 1 amide bonds. The molecule has 0 spiro atoms. The minimum Gasteiger partial charge on any atom is -0.462 e. The van der Waals surface area contributed by atoms with Crippen molar-refractivity contribution in [2.45, 2.75) is 18.7 Å². The highest BCUT2D eigenvalue weighted by molar-refractivity contribution is 7.90. The Morgan fingerprint density at radius 1 is 0.886 bits per heavy atom. The van der Waals surface area contributed by atoms with E-state index in [1.807, 2.05) is 13.0 Å². The number of carbonyl (C=O) groups excluding carboxylic acids is 2. The summed E-state index contributed by atoms with van der Waals surface area (Å²) in [6, 6.07) is 27.0.